The van der Waals surface area contributed by atoms with E-state index in [4.69, 9.17) is 4.74 Å². The van der Waals surface area contributed by atoms with Crippen LogP contribution in [0.2, 0.25) is 0 Å². The molecule has 0 saturated heterocycles. The van der Waals surface area contributed by atoms with E-state index in [1.54, 1.807) is 4.90 Å². The Kier molecular flexibility index (Phi) is 4.56. The van der Waals surface area contributed by atoms with Crippen LogP contribution >= 0.6 is 0 Å². The lowest BCUT2D eigenvalue weighted by Gasteiger charge is -2.32. The Bertz CT molecular complexity index is 446. The maximum Gasteiger partial charge on any atom is 0.228 e. The average Bonchev–Trinajstić information content (AvgIpc) is 2.40. The largest absolute Gasteiger partial charge is 0.377 e. The highest BCUT2D eigenvalue weighted by Gasteiger charge is 2.28. The van der Waals surface area contributed by atoms with Gasteiger partial charge in [0.05, 0.1) is 12.7 Å². The van der Waals surface area contributed by atoms with E-state index in [1.165, 1.54) is 5.56 Å². The first-order chi connectivity index (χ1) is 9.09. The summed E-state index contributed by atoms with van der Waals surface area (Å²) in [5, 5.41) is 3.41. The van der Waals surface area contributed by atoms with Crippen molar-refractivity contribution < 1.29 is 9.53 Å². The number of benzene rings is 1. The first-order valence-corrected chi connectivity index (χ1v) is 6.80. The first kappa shape index (κ1) is 14.0. The fourth-order valence-electron chi connectivity index (χ4n) is 2.35. The van der Waals surface area contributed by atoms with Crippen LogP contribution in [0.5, 0.6) is 0 Å². The van der Waals surface area contributed by atoms with E-state index < -0.39 is 0 Å². The molecular weight excluding hydrogens is 240 g/mol. The molecule has 1 aliphatic rings. The second-order valence-electron chi connectivity index (χ2n) is 5.14. The molecule has 1 amide bonds. The molecule has 19 heavy (non-hydrogen) atoms. The highest BCUT2D eigenvalue weighted by Crippen LogP contribution is 2.33. The number of anilines is 1. The molecule has 1 aliphatic heterocycles. The Morgan fingerprint density at radius 2 is 2.16 bits per heavy atom. The SMILES string of the molecule is CC(C)OCCNC1CC(=O)N(C)c2ccccc21. The summed E-state index contributed by atoms with van der Waals surface area (Å²) in [6, 6.07) is 8.15. The lowest BCUT2D eigenvalue weighted by atomic mass is 9.96. The van der Waals surface area contributed by atoms with Crippen molar-refractivity contribution in [1.29, 1.82) is 0 Å². The van der Waals surface area contributed by atoms with E-state index in [1.807, 2.05) is 39.1 Å². The minimum atomic E-state index is 0.0932. The summed E-state index contributed by atoms with van der Waals surface area (Å²) in [5.74, 6) is 0.154. The van der Waals surface area contributed by atoms with Gasteiger partial charge in [0.25, 0.3) is 0 Å². The van der Waals surface area contributed by atoms with E-state index in [0.717, 1.165) is 12.2 Å². The molecular formula is C15H22N2O2. The molecule has 2 rings (SSSR count). The monoisotopic (exact) mass is 262 g/mol. The molecule has 4 nitrogen and oxygen atoms in total. The molecule has 1 N–H and O–H groups in total. The Morgan fingerprint density at radius 1 is 1.42 bits per heavy atom. The van der Waals surface area contributed by atoms with Crippen LogP contribution in [0.15, 0.2) is 24.3 Å². The zero-order valence-electron chi connectivity index (χ0n) is 11.8. The summed E-state index contributed by atoms with van der Waals surface area (Å²) < 4.78 is 5.51. The molecule has 0 bridgehead atoms. The van der Waals surface area contributed by atoms with Gasteiger partial charge in [-0.15, -0.1) is 0 Å². The average molecular weight is 262 g/mol. The fourth-order valence-corrected chi connectivity index (χ4v) is 2.35. The van der Waals surface area contributed by atoms with Gasteiger partial charge in [-0.05, 0) is 25.5 Å². The summed E-state index contributed by atoms with van der Waals surface area (Å²) >= 11 is 0. The summed E-state index contributed by atoms with van der Waals surface area (Å²) in [6.45, 7) is 5.47. The zero-order chi connectivity index (χ0) is 13.8. The Labute approximate surface area is 114 Å². The second-order valence-corrected chi connectivity index (χ2v) is 5.14. The van der Waals surface area contributed by atoms with Crippen LogP contribution in [0.1, 0.15) is 31.9 Å². The maximum absolute atomic E-state index is 12.0. The smallest absolute Gasteiger partial charge is 0.228 e. The van der Waals surface area contributed by atoms with E-state index in [2.05, 4.69) is 11.4 Å². The van der Waals surface area contributed by atoms with Crippen LogP contribution in [0.3, 0.4) is 0 Å². The highest BCUT2D eigenvalue weighted by atomic mass is 16.5. The fraction of sp³-hybridized carbons (Fsp3) is 0.533. The number of carbonyl (C=O) groups is 1. The van der Waals surface area contributed by atoms with Crippen LogP contribution in [0.25, 0.3) is 0 Å². The van der Waals surface area contributed by atoms with Gasteiger partial charge in [-0.25, -0.2) is 0 Å². The molecule has 0 radical (unpaired) electrons. The van der Waals surface area contributed by atoms with Gasteiger partial charge >= 0.3 is 0 Å². The number of nitrogens with one attached hydrogen (secondary N) is 1. The molecule has 0 fully saturated rings. The molecule has 1 aromatic rings. The number of carbonyl (C=O) groups excluding carboxylic acids is 1. The molecule has 1 atom stereocenters. The van der Waals surface area contributed by atoms with Crippen molar-refractivity contribution >= 4 is 11.6 Å². The van der Waals surface area contributed by atoms with Gasteiger partial charge < -0.3 is 15.0 Å². The summed E-state index contributed by atoms with van der Waals surface area (Å²) in [5.41, 5.74) is 2.19. The summed E-state index contributed by atoms with van der Waals surface area (Å²) in [4.78, 5) is 13.7. The molecule has 1 aromatic carbocycles. The standard InChI is InChI=1S/C15H22N2O2/c1-11(2)19-9-8-16-13-10-15(18)17(3)14-7-5-4-6-12(13)14/h4-7,11,13,16H,8-10H2,1-3H3. The van der Waals surface area contributed by atoms with Gasteiger partial charge in [0.2, 0.25) is 5.91 Å². The van der Waals surface area contributed by atoms with Gasteiger partial charge in [-0.3, -0.25) is 4.79 Å². The molecule has 4 heteroatoms. The van der Waals surface area contributed by atoms with E-state index in [0.29, 0.717) is 13.0 Å². The Balaban J connectivity index is 2.01. The van der Waals surface area contributed by atoms with Crippen molar-refractivity contribution in [2.24, 2.45) is 0 Å². The van der Waals surface area contributed by atoms with Crippen molar-refractivity contribution in [2.45, 2.75) is 32.4 Å². The van der Waals surface area contributed by atoms with Gasteiger partial charge in [-0.1, -0.05) is 18.2 Å². The van der Waals surface area contributed by atoms with Crippen molar-refractivity contribution in [3.63, 3.8) is 0 Å². The third kappa shape index (κ3) is 3.33. The maximum atomic E-state index is 12.0. The van der Waals surface area contributed by atoms with Crippen molar-refractivity contribution in [3.05, 3.63) is 29.8 Å². The lowest BCUT2D eigenvalue weighted by Crippen LogP contribution is -2.38. The number of hydrogen-bond donors (Lipinski definition) is 1. The molecule has 0 aliphatic carbocycles. The van der Waals surface area contributed by atoms with Crippen LogP contribution < -0.4 is 10.2 Å². The summed E-state index contributed by atoms with van der Waals surface area (Å²) in [6.07, 6.45) is 0.753. The zero-order valence-corrected chi connectivity index (χ0v) is 11.8. The van der Waals surface area contributed by atoms with Gasteiger partial charge in [0.1, 0.15) is 0 Å². The van der Waals surface area contributed by atoms with Crippen LogP contribution in [-0.2, 0) is 9.53 Å². The molecule has 1 heterocycles. The molecule has 0 saturated carbocycles. The van der Waals surface area contributed by atoms with Crippen molar-refractivity contribution in [2.75, 3.05) is 25.1 Å². The van der Waals surface area contributed by atoms with Crippen molar-refractivity contribution in [3.8, 4) is 0 Å². The molecule has 1 unspecified atom stereocenters. The number of amides is 1. The predicted molar refractivity (Wildman–Crippen MR) is 76.3 cm³/mol. The van der Waals surface area contributed by atoms with Gasteiger partial charge in [0, 0.05) is 31.7 Å². The second kappa shape index (κ2) is 6.17. The minimum Gasteiger partial charge on any atom is -0.377 e. The third-order valence-corrected chi connectivity index (χ3v) is 3.37. The Morgan fingerprint density at radius 3 is 2.89 bits per heavy atom. The molecule has 0 aromatic heterocycles. The lowest BCUT2D eigenvalue weighted by molar-refractivity contribution is -0.119. The number of ether oxygens (including phenoxy) is 1. The number of rotatable bonds is 5. The Hall–Kier alpha value is -1.39. The first-order valence-electron chi connectivity index (χ1n) is 6.80. The minimum absolute atomic E-state index is 0.0932. The van der Waals surface area contributed by atoms with Gasteiger partial charge in [0.15, 0.2) is 0 Å². The van der Waals surface area contributed by atoms with Crippen LogP contribution in [0.4, 0.5) is 5.69 Å². The number of hydrogen-bond acceptors (Lipinski definition) is 3. The quantitative estimate of drug-likeness (QED) is 0.826. The molecule has 0 spiro atoms. The van der Waals surface area contributed by atoms with E-state index in [-0.39, 0.29) is 18.1 Å². The normalized spacial score (nSPS) is 18.8. The molecule has 104 valence electrons. The van der Waals surface area contributed by atoms with Crippen LogP contribution in [0, 0.1) is 0 Å². The predicted octanol–water partition coefficient (Wildman–Crippen LogP) is 2.11. The van der Waals surface area contributed by atoms with Gasteiger partial charge in [-0.2, -0.15) is 0 Å². The number of fused-ring (bicyclic) bond motifs is 1. The summed E-state index contributed by atoms with van der Waals surface area (Å²) in [7, 11) is 1.83. The number of para-hydroxylation sites is 1. The highest BCUT2D eigenvalue weighted by molar-refractivity contribution is 5.96. The van der Waals surface area contributed by atoms with E-state index >= 15 is 0 Å². The topological polar surface area (TPSA) is 41.6 Å². The van der Waals surface area contributed by atoms with Crippen molar-refractivity contribution in [1.82, 2.24) is 5.32 Å². The van der Waals surface area contributed by atoms with Crippen LogP contribution in [-0.4, -0.2) is 32.2 Å². The van der Waals surface area contributed by atoms with E-state index in [9.17, 15) is 4.79 Å². The third-order valence-electron chi connectivity index (χ3n) is 3.37. The number of nitrogens with zero attached hydrogens (tertiary/aromatic N) is 1.